The molecule has 0 aliphatic heterocycles. The van der Waals surface area contributed by atoms with Crippen LogP contribution in [0.5, 0.6) is 0 Å². The molecule has 1 fully saturated rings. The minimum Gasteiger partial charge on any atom is -0.463 e. The fourth-order valence-corrected chi connectivity index (χ4v) is 2.53. The molecule has 2 rings (SSSR count). The number of hydrogen-bond acceptors (Lipinski definition) is 4. The van der Waals surface area contributed by atoms with Gasteiger partial charge in [-0.05, 0) is 44.7 Å². The lowest BCUT2D eigenvalue weighted by Gasteiger charge is -2.44. The van der Waals surface area contributed by atoms with Gasteiger partial charge in [0, 0.05) is 5.54 Å². The van der Waals surface area contributed by atoms with Gasteiger partial charge in [0.05, 0.1) is 13.2 Å². The number of esters is 1. The normalized spacial score (nSPS) is 19.1. The Balaban J connectivity index is 2.02. The van der Waals surface area contributed by atoms with Crippen molar-refractivity contribution < 1.29 is 13.9 Å². The molecule has 1 aromatic heterocycles. The van der Waals surface area contributed by atoms with Gasteiger partial charge in [-0.1, -0.05) is 6.92 Å². The lowest BCUT2D eigenvalue weighted by Crippen LogP contribution is -2.51. The third kappa shape index (κ3) is 2.43. The topological polar surface area (TPSA) is 51.5 Å². The van der Waals surface area contributed by atoms with Crippen molar-refractivity contribution in [3.05, 3.63) is 23.7 Å². The minimum absolute atomic E-state index is 0.114. The molecular weight excluding hydrogens is 230 g/mol. The van der Waals surface area contributed by atoms with Crippen molar-refractivity contribution in [1.82, 2.24) is 5.32 Å². The van der Waals surface area contributed by atoms with Gasteiger partial charge in [-0.25, -0.2) is 4.79 Å². The highest BCUT2D eigenvalue weighted by atomic mass is 16.5. The summed E-state index contributed by atoms with van der Waals surface area (Å²) in [4.78, 5) is 11.3. The van der Waals surface area contributed by atoms with Crippen LogP contribution in [-0.4, -0.2) is 18.6 Å². The summed E-state index contributed by atoms with van der Waals surface area (Å²) in [6.45, 7) is 4.27. The molecule has 4 heteroatoms. The molecule has 0 spiro atoms. The van der Waals surface area contributed by atoms with Gasteiger partial charge in [0.25, 0.3) is 0 Å². The van der Waals surface area contributed by atoms with E-state index >= 15 is 0 Å². The fourth-order valence-electron chi connectivity index (χ4n) is 2.53. The van der Waals surface area contributed by atoms with Crippen molar-refractivity contribution in [3.63, 3.8) is 0 Å². The van der Waals surface area contributed by atoms with E-state index in [9.17, 15) is 4.79 Å². The first-order valence-electron chi connectivity index (χ1n) is 6.56. The lowest BCUT2D eigenvalue weighted by molar-refractivity contribution is 0.0561. The van der Waals surface area contributed by atoms with E-state index in [1.165, 1.54) is 26.4 Å². The minimum atomic E-state index is -0.428. The zero-order chi connectivity index (χ0) is 13.2. The molecular formula is C14H21NO3. The molecule has 1 saturated carbocycles. The van der Waals surface area contributed by atoms with Gasteiger partial charge in [-0.15, -0.1) is 0 Å². The maximum Gasteiger partial charge on any atom is 0.373 e. The number of methoxy groups -OCH3 is 1. The number of hydrogen-bond donors (Lipinski definition) is 1. The van der Waals surface area contributed by atoms with Crippen molar-refractivity contribution in [3.8, 4) is 0 Å². The molecule has 1 aliphatic carbocycles. The predicted octanol–water partition coefficient (Wildman–Crippen LogP) is 3.05. The summed E-state index contributed by atoms with van der Waals surface area (Å²) >= 11 is 0. The summed E-state index contributed by atoms with van der Waals surface area (Å²) < 4.78 is 10.2. The highest BCUT2D eigenvalue weighted by Crippen LogP contribution is 2.37. The molecule has 4 nitrogen and oxygen atoms in total. The molecule has 1 N–H and O–H groups in total. The van der Waals surface area contributed by atoms with Gasteiger partial charge in [0.1, 0.15) is 5.76 Å². The smallest absolute Gasteiger partial charge is 0.373 e. The molecule has 0 radical (unpaired) electrons. The van der Waals surface area contributed by atoms with Crippen molar-refractivity contribution in [2.75, 3.05) is 7.11 Å². The van der Waals surface area contributed by atoms with Gasteiger partial charge in [-0.2, -0.15) is 0 Å². The standard InChI is InChI=1S/C14H21NO3/c1-4-14(8-5-9-14)15-10(2)11-6-7-12(18-11)13(16)17-3/h6-7,10,15H,4-5,8-9H2,1-3H3. The summed E-state index contributed by atoms with van der Waals surface area (Å²) in [5.74, 6) is 0.623. The highest BCUT2D eigenvalue weighted by Gasteiger charge is 2.36. The molecule has 18 heavy (non-hydrogen) atoms. The molecule has 100 valence electrons. The summed E-state index contributed by atoms with van der Waals surface area (Å²) in [6.07, 6.45) is 4.86. The van der Waals surface area contributed by atoms with Crippen molar-refractivity contribution >= 4 is 5.97 Å². The number of carbonyl (C=O) groups is 1. The second-order valence-corrected chi connectivity index (χ2v) is 5.05. The maximum atomic E-state index is 11.3. The van der Waals surface area contributed by atoms with E-state index in [-0.39, 0.29) is 17.3 Å². The Morgan fingerprint density at radius 1 is 1.56 bits per heavy atom. The Morgan fingerprint density at radius 3 is 2.78 bits per heavy atom. The SMILES string of the molecule is CCC1(NC(C)c2ccc(C(=O)OC)o2)CCC1. The zero-order valence-corrected chi connectivity index (χ0v) is 11.3. The Kier molecular flexibility index (Phi) is 3.76. The monoisotopic (exact) mass is 251 g/mol. The number of furan rings is 1. The van der Waals surface area contributed by atoms with E-state index in [1.807, 2.05) is 6.07 Å². The number of carbonyl (C=O) groups excluding carboxylic acids is 1. The van der Waals surface area contributed by atoms with Crippen molar-refractivity contribution in [1.29, 1.82) is 0 Å². The van der Waals surface area contributed by atoms with Crippen molar-refractivity contribution in [2.45, 2.75) is 51.1 Å². The zero-order valence-electron chi connectivity index (χ0n) is 11.3. The third-order valence-corrected chi connectivity index (χ3v) is 3.95. The van der Waals surface area contributed by atoms with Crippen LogP contribution in [0.15, 0.2) is 16.5 Å². The van der Waals surface area contributed by atoms with Gasteiger partial charge < -0.3 is 14.5 Å². The Hall–Kier alpha value is -1.29. The van der Waals surface area contributed by atoms with Gasteiger partial charge in [0.15, 0.2) is 0 Å². The van der Waals surface area contributed by atoms with Crippen LogP contribution in [0.25, 0.3) is 0 Å². The predicted molar refractivity (Wildman–Crippen MR) is 68.5 cm³/mol. The Labute approximate surface area is 108 Å². The summed E-state index contributed by atoms with van der Waals surface area (Å²) in [6, 6.07) is 3.62. The highest BCUT2D eigenvalue weighted by molar-refractivity contribution is 5.86. The first kappa shape index (κ1) is 13.1. The molecule has 0 aromatic carbocycles. The van der Waals surface area contributed by atoms with Crippen LogP contribution in [0.4, 0.5) is 0 Å². The second-order valence-electron chi connectivity index (χ2n) is 5.05. The number of nitrogens with one attached hydrogen (secondary N) is 1. The fraction of sp³-hybridized carbons (Fsp3) is 0.643. The van der Waals surface area contributed by atoms with Crippen LogP contribution < -0.4 is 5.32 Å². The molecule has 0 bridgehead atoms. The van der Waals surface area contributed by atoms with E-state index in [1.54, 1.807) is 6.07 Å². The van der Waals surface area contributed by atoms with Crippen molar-refractivity contribution in [2.24, 2.45) is 0 Å². The summed E-state index contributed by atoms with van der Waals surface area (Å²) in [5, 5.41) is 3.62. The van der Waals surface area contributed by atoms with Crippen LogP contribution in [-0.2, 0) is 4.74 Å². The van der Waals surface area contributed by atoms with E-state index in [0.29, 0.717) is 0 Å². The van der Waals surface area contributed by atoms with Crippen LogP contribution in [0.3, 0.4) is 0 Å². The first-order chi connectivity index (χ1) is 8.60. The second kappa shape index (κ2) is 5.14. The van der Waals surface area contributed by atoms with Crippen LogP contribution in [0, 0.1) is 0 Å². The first-order valence-corrected chi connectivity index (χ1v) is 6.56. The molecule has 0 saturated heterocycles. The summed E-state index contributed by atoms with van der Waals surface area (Å²) in [7, 11) is 1.35. The van der Waals surface area contributed by atoms with E-state index in [4.69, 9.17) is 4.42 Å². The Morgan fingerprint density at radius 2 is 2.28 bits per heavy atom. The van der Waals surface area contributed by atoms with Gasteiger partial charge in [-0.3, -0.25) is 0 Å². The van der Waals surface area contributed by atoms with Crippen LogP contribution in [0.1, 0.15) is 61.9 Å². The lowest BCUT2D eigenvalue weighted by atomic mass is 9.74. The quantitative estimate of drug-likeness (QED) is 0.817. The molecule has 1 atom stereocenters. The van der Waals surface area contributed by atoms with Crippen LogP contribution >= 0.6 is 0 Å². The number of rotatable bonds is 5. The number of ether oxygens (including phenoxy) is 1. The maximum absolute atomic E-state index is 11.3. The molecule has 1 heterocycles. The van der Waals surface area contributed by atoms with Crippen LogP contribution in [0.2, 0.25) is 0 Å². The molecule has 1 unspecified atom stereocenters. The average molecular weight is 251 g/mol. The molecule has 1 aliphatic rings. The van der Waals surface area contributed by atoms with Gasteiger partial charge in [0.2, 0.25) is 5.76 Å². The van der Waals surface area contributed by atoms with E-state index in [2.05, 4.69) is 23.9 Å². The van der Waals surface area contributed by atoms with E-state index < -0.39 is 5.97 Å². The van der Waals surface area contributed by atoms with Gasteiger partial charge >= 0.3 is 5.97 Å². The third-order valence-electron chi connectivity index (χ3n) is 3.95. The average Bonchev–Trinajstić information content (AvgIpc) is 2.82. The molecule has 0 amide bonds. The molecule has 1 aromatic rings. The Bertz CT molecular complexity index is 415. The summed E-state index contributed by atoms with van der Waals surface area (Å²) in [5.41, 5.74) is 0.262. The largest absolute Gasteiger partial charge is 0.463 e. The van der Waals surface area contributed by atoms with E-state index in [0.717, 1.165) is 12.2 Å².